The molecular formula is C20H18FN3O3. The number of benzene rings is 2. The van der Waals surface area contributed by atoms with Crippen LogP contribution in [0.1, 0.15) is 30.1 Å². The van der Waals surface area contributed by atoms with Crippen molar-refractivity contribution in [2.45, 2.75) is 25.4 Å². The first-order valence-electron chi connectivity index (χ1n) is 8.80. The van der Waals surface area contributed by atoms with Gasteiger partial charge in [-0.2, -0.15) is 0 Å². The van der Waals surface area contributed by atoms with Crippen LogP contribution in [0.3, 0.4) is 0 Å². The van der Waals surface area contributed by atoms with E-state index in [0.29, 0.717) is 16.9 Å². The average Bonchev–Trinajstić information content (AvgIpc) is 3.02. The van der Waals surface area contributed by atoms with E-state index in [1.54, 1.807) is 31.2 Å². The zero-order valence-electron chi connectivity index (χ0n) is 14.7. The van der Waals surface area contributed by atoms with E-state index in [4.69, 9.17) is 0 Å². The molecule has 0 radical (unpaired) electrons. The van der Waals surface area contributed by atoms with Crippen molar-refractivity contribution in [3.8, 4) is 0 Å². The van der Waals surface area contributed by atoms with Gasteiger partial charge in [0.2, 0.25) is 11.6 Å². The number of hydrogen-bond acceptors (Lipinski definition) is 3. The Balaban J connectivity index is 1.82. The Morgan fingerprint density at radius 2 is 1.85 bits per heavy atom. The Hall–Kier alpha value is -3.22. The molecule has 2 heterocycles. The monoisotopic (exact) mass is 367 g/mol. The summed E-state index contributed by atoms with van der Waals surface area (Å²) in [5, 5.41) is 2.74. The molecule has 4 rings (SSSR count). The van der Waals surface area contributed by atoms with Crippen molar-refractivity contribution >= 4 is 29.1 Å². The molecule has 2 aromatic carbocycles. The molecule has 138 valence electrons. The summed E-state index contributed by atoms with van der Waals surface area (Å²) in [4.78, 5) is 42.0. The lowest BCUT2D eigenvalue weighted by atomic mass is 9.95. The average molecular weight is 367 g/mol. The highest BCUT2D eigenvalue weighted by Crippen LogP contribution is 2.44. The molecule has 1 saturated heterocycles. The highest BCUT2D eigenvalue weighted by molar-refractivity contribution is 6.18. The number of carbonyl (C=O) groups excluding carboxylic acids is 3. The molecule has 6 nitrogen and oxygen atoms in total. The summed E-state index contributed by atoms with van der Waals surface area (Å²) in [5.74, 6) is -1.39. The topological polar surface area (TPSA) is 69.7 Å². The molecule has 0 saturated carbocycles. The maximum absolute atomic E-state index is 13.3. The van der Waals surface area contributed by atoms with E-state index < -0.39 is 17.4 Å². The summed E-state index contributed by atoms with van der Waals surface area (Å²) >= 11 is 0. The molecule has 2 aromatic rings. The van der Waals surface area contributed by atoms with Gasteiger partial charge < -0.3 is 10.2 Å². The number of fused-ring (bicyclic) bond motifs is 3. The summed E-state index contributed by atoms with van der Waals surface area (Å²) in [6, 6.07) is 12.2. The molecule has 2 aliphatic heterocycles. The summed E-state index contributed by atoms with van der Waals surface area (Å²) in [6.07, 6.45) is 0.363. The van der Waals surface area contributed by atoms with Gasteiger partial charge in [0.05, 0.1) is 11.3 Å². The van der Waals surface area contributed by atoms with E-state index in [0.717, 1.165) is 0 Å². The number of amides is 3. The Labute approximate surface area is 155 Å². The van der Waals surface area contributed by atoms with Crippen molar-refractivity contribution in [1.82, 2.24) is 4.90 Å². The van der Waals surface area contributed by atoms with E-state index in [1.807, 2.05) is 0 Å². The number of anilines is 2. The Bertz CT molecular complexity index is 944. The van der Waals surface area contributed by atoms with Gasteiger partial charge in [0.1, 0.15) is 5.82 Å². The number of nitrogens with zero attached hydrogens (tertiary/aromatic N) is 2. The van der Waals surface area contributed by atoms with Crippen molar-refractivity contribution in [1.29, 1.82) is 0 Å². The third-order valence-corrected chi connectivity index (χ3v) is 5.16. The second kappa shape index (κ2) is 6.19. The van der Waals surface area contributed by atoms with E-state index in [1.165, 1.54) is 34.1 Å². The van der Waals surface area contributed by atoms with Gasteiger partial charge in [-0.05, 0) is 43.3 Å². The minimum Gasteiger partial charge on any atom is -0.322 e. The largest absolute Gasteiger partial charge is 0.322 e. The van der Waals surface area contributed by atoms with Crippen molar-refractivity contribution < 1.29 is 18.8 Å². The lowest BCUT2D eigenvalue weighted by molar-refractivity contribution is -0.128. The minimum atomic E-state index is -1.42. The van der Waals surface area contributed by atoms with Crippen LogP contribution in [0.15, 0.2) is 48.5 Å². The van der Waals surface area contributed by atoms with Crippen LogP contribution in [0.4, 0.5) is 15.8 Å². The predicted molar refractivity (Wildman–Crippen MR) is 97.6 cm³/mol. The van der Waals surface area contributed by atoms with Gasteiger partial charge >= 0.3 is 0 Å². The van der Waals surface area contributed by atoms with Crippen LogP contribution >= 0.6 is 0 Å². The molecule has 3 amide bonds. The molecule has 0 bridgehead atoms. The lowest BCUT2D eigenvalue weighted by Gasteiger charge is -2.48. The van der Waals surface area contributed by atoms with Crippen LogP contribution in [0.5, 0.6) is 0 Å². The minimum absolute atomic E-state index is 0.162. The normalized spacial score (nSPS) is 21.1. The van der Waals surface area contributed by atoms with Gasteiger partial charge in [-0.15, -0.1) is 0 Å². The van der Waals surface area contributed by atoms with E-state index in [-0.39, 0.29) is 31.2 Å². The van der Waals surface area contributed by atoms with E-state index in [9.17, 15) is 18.8 Å². The molecular weight excluding hydrogens is 349 g/mol. The van der Waals surface area contributed by atoms with E-state index in [2.05, 4.69) is 5.32 Å². The number of carbonyl (C=O) groups is 3. The number of para-hydroxylation sites is 1. The highest BCUT2D eigenvalue weighted by Gasteiger charge is 2.60. The molecule has 2 aliphatic rings. The van der Waals surface area contributed by atoms with Crippen LogP contribution in [0.2, 0.25) is 0 Å². The molecule has 27 heavy (non-hydrogen) atoms. The quantitative estimate of drug-likeness (QED) is 0.907. The maximum atomic E-state index is 13.3. The van der Waals surface area contributed by atoms with Gasteiger partial charge in [0.25, 0.3) is 11.8 Å². The fraction of sp³-hybridized carbons (Fsp3) is 0.250. The maximum Gasteiger partial charge on any atom is 0.271 e. The fourth-order valence-corrected chi connectivity index (χ4v) is 3.97. The van der Waals surface area contributed by atoms with Crippen LogP contribution in [0.25, 0.3) is 0 Å². The van der Waals surface area contributed by atoms with Crippen molar-refractivity contribution in [3.05, 3.63) is 59.9 Å². The number of rotatable bonds is 3. The first-order chi connectivity index (χ1) is 13.0. The van der Waals surface area contributed by atoms with Crippen molar-refractivity contribution in [2.75, 3.05) is 16.8 Å². The van der Waals surface area contributed by atoms with Crippen LogP contribution in [-0.2, 0) is 9.59 Å². The van der Waals surface area contributed by atoms with Gasteiger partial charge in [-0.3, -0.25) is 19.3 Å². The second-order valence-corrected chi connectivity index (χ2v) is 6.57. The van der Waals surface area contributed by atoms with Crippen molar-refractivity contribution in [2.24, 2.45) is 0 Å². The zero-order valence-corrected chi connectivity index (χ0v) is 14.7. The summed E-state index contributed by atoms with van der Waals surface area (Å²) < 4.78 is 13.2. The molecule has 7 heteroatoms. The van der Waals surface area contributed by atoms with Crippen LogP contribution in [-0.4, -0.2) is 34.8 Å². The molecule has 0 spiro atoms. The van der Waals surface area contributed by atoms with Crippen molar-refractivity contribution in [3.63, 3.8) is 0 Å². The van der Waals surface area contributed by atoms with E-state index >= 15 is 0 Å². The summed E-state index contributed by atoms with van der Waals surface area (Å²) in [6.45, 7) is 2.05. The Morgan fingerprint density at radius 1 is 1.15 bits per heavy atom. The summed E-state index contributed by atoms with van der Waals surface area (Å²) in [7, 11) is 0. The number of hydrogen-bond donors (Lipinski definition) is 1. The zero-order chi connectivity index (χ0) is 19.2. The fourth-order valence-electron chi connectivity index (χ4n) is 3.97. The predicted octanol–water partition coefficient (Wildman–Crippen LogP) is 2.76. The summed E-state index contributed by atoms with van der Waals surface area (Å²) in [5.41, 5.74) is -0.174. The number of nitrogens with one attached hydrogen (secondary N) is 1. The lowest BCUT2D eigenvalue weighted by Crippen LogP contribution is -2.69. The highest BCUT2D eigenvalue weighted by atomic mass is 19.1. The standard InChI is InChI=1S/C20H18FN3O3/c1-2-23-18(26)15-5-3-4-6-16(15)24-17(25)11-12-20(23,24)19(27)22-14-9-7-13(21)8-10-14/h3-10H,2,11-12H2,1H3,(H,22,27). The van der Waals surface area contributed by atoms with Crippen LogP contribution < -0.4 is 10.2 Å². The first-order valence-corrected chi connectivity index (χ1v) is 8.80. The molecule has 1 unspecified atom stereocenters. The third kappa shape index (κ3) is 2.42. The molecule has 1 N–H and O–H groups in total. The van der Waals surface area contributed by atoms with Gasteiger partial charge in [-0.1, -0.05) is 12.1 Å². The smallest absolute Gasteiger partial charge is 0.271 e. The Kier molecular flexibility index (Phi) is 3.95. The van der Waals surface area contributed by atoms with Crippen LogP contribution in [0, 0.1) is 5.82 Å². The van der Waals surface area contributed by atoms with Gasteiger partial charge in [-0.25, -0.2) is 4.39 Å². The first kappa shape index (κ1) is 17.2. The molecule has 1 atom stereocenters. The van der Waals surface area contributed by atoms with Gasteiger partial charge in [0.15, 0.2) is 0 Å². The SMILES string of the molecule is CCN1C(=O)c2ccccc2N2C(=O)CCC12C(=O)Nc1ccc(F)cc1. The molecule has 0 aliphatic carbocycles. The molecule has 0 aromatic heterocycles. The third-order valence-electron chi connectivity index (χ3n) is 5.16. The molecule has 1 fully saturated rings. The Morgan fingerprint density at radius 3 is 2.56 bits per heavy atom. The number of likely N-dealkylation sites (N-methyl/N-ethyl adjacent to an activating group) is 1. The second-order valence-electron chi connectivity index (χ2n) is 6.57. The van der Waals surface area contributed by atoms with Gasteiger partial charge in [0, 0.05) is 25.1 Å². The number of halogens is 1.